The second kappa shape index (κ2) is 4.36. The van der Waals surface area contributed by atoms with E-state index in [-0.39, 0.29) is 0 Å². The second-order valence-corrected chi connectivity index (χ2v) is 3.59. The van der Waals surface area contributed by atoms with Crippen LogP contribution < -0.4 is 15.4 Å². The van der Waals surface area contributed by atoms with Gasteiger partial charge < -0.3 is 15.4 Å². The van der Waals surface area contributed by atoms with Crippen molar-refractivity contribution in [1.82, 2.24) is 0 Å². The maximum absolute atomic E-state index is 5.61. The Hall–Kier alpha value is -1.48. The molecule has 2 N–H and O–H groups in total. The van der Waals surface area contributed by atoms with Crippen LogP contribution in [-0.2, 0) is 6.54 Å². The van der Waals surface area contributed by atoms with Crippen LogP contribution in [0.5, 0.6) is 5.75 Å². The van der Waals surface area contributed by atoms with Crippen LogP contribution in [0.25, 0.3) is 0 Å². The summed E-state index contributed by atoms with van der Waals surface area (Å²) in [5.74, 6) is 0.936. The fraction of sp³-hybridized carbons (Fsp3) is 0.333. The van der Waals surface area contributed by atoms with E-state index in [1.54, 1.807) is 0 Å². The Labute approximate surface area is 90.1 Å². The molecule has 1 heterocycles. The van der Waals surface area contributed by atoms with Crippen molar-refractivity contribution >= 4 is 5.69 Å². The number of nitrogens with two attached hydrogens (primary N) is 1. The summed E-state index contributed by atoms with van der Waals surface area (Å²) in [5, 5.41) is 0. The standard InChI is InChI=1S/C12H16N2O/c1-2-5-14-6-7-15-12-8-10(9-13)3-4-11(12)14/h2-4,8H,1,5-7,9,13H2. The van der Waals surface area contributed by atoms with Crippen molar-refractivity contribution in [2.75, 3.05) is 24.6 Å². The lowest BCUT2D eigenvalue weighted by Crippen LogP contribution is -2.32. The molecular formula is C12H16N2O. The first-order valence-electron chi connectivity index (χ1n) is 5.17. The molecule has 2 rings (SSSR count). The zero-order chi connectivity index (χ0) is 10.7. The van der Waals surface area contributed by atoms with Crippen LogP contribution in [0.4, 0.5) is 5.69 Å². The van der Waals surface area contributed by atoms with Gasteiger partial charge in [0.05, 0.1) is 12.2 Å². The van der Waals surface area contributed by atoms with Crippen molar-refractivity contribution < 1.29 is 4.74 Å². The molecule has 0 spiro atoms. The Morgan fingerprint density at radius 1 is 1.53 bits per heavy atom. The molecule has 0 saturated carbocycles. The molecule has 0 aliphatic carbocycles. The summed E-state index contributed by atoms with van der Waals surface area (Å²) in [7, 11) is 0. The molecular weight excluding hydrogens is 188 g/mol. The molecule has 1 aromatic carbocycles. The molecule has 1 aliphatic rings. The van der Waals surface area contributed by atoms with Crippen LogP contribution in [0.3, 0.4) is 0 Å². The molecule has 0 unspecified atom stereocenters. The molecule has 0 bridgehead atoms. The largest absolute Gasteiger partial charge is 0.490 e. The number of benzene rings is 1. The van der Waals surface area contributed by atoms with Crippen molar-refractivity contribution in [2.24, 2.45) is 5.73 Å². The molecule has 0 radical (unpaired) electrons. The molecule has 1 aromatic rings. The van der Waals surface area contributed by atoms with Gasteiger partial charge in [0.1, 0.15) is 12.4 Å². The number of hydrogen-bond acceptors (Lipinski definition) is 3. The topological polar surface area (TPSA) is 38.5 Å². The molecule has 1 aliphatic heterocycles. The predicted octanol–water partition coefficient (Wildman–Crippen LogP) is 1.53. The highest BCUT2D eigenvalue weighted by molar-refractivity contribution is 5.61. The highest BCUT2D eigenvalue weighted by atomic mass is 16.5. The third-order valence-corrected chi connectivity index (χ3v) is 2.57. The zero-order valence-corrected chi connectivity index (χ0v) is 8.78. The molecule has 3 heteroatoms. The number of ether oxygens (including phenoxy) is 1. The van der Waals surface area contributed by atoms with Crippen molar-refractivity contribution in [3.63, 3.8) is 0 Å². The summed E-state index contributed by atoms with van der Waals surface area (Å²) in [6.45, 7) is 6.82. The lowest BCUT2D eigenvalue weighted by atomic mass is 10.1. The van der Waals surface area contributed by atoms with E-state index in [1.165, 1.54) is 0 Å². The normalized spacial score (nSPS) is 14.3. The summed E-state index contributed by atoms with van der Waals surface area (Å²) >= 11 is 0. The van der Waals surface area contributed by atoms with Gasteiger partial charge in [-0.15, -0.1) is 6.58 Å². The average molecular weight is 204 g/mol. The van der Waals surface area contributed by atoms with Gasteiger partial charge in [-0.05, 0) is 17.7 Å². The van der Waals surface area contributed by atoms with E-state index < -0.39 is 0 Å². The summed E-state index contributed by atoms with van der Waals surface area (Å²) in [4.78, 5) is 2.26. The Bertz CT molecular complexity index is 363. The van der Waals surface area contributed by atoms with Crippen LogP contribution >= 0.6 is 0 Å². The van der Waals surface area contributed by atoms with E-state index >= 15 is 0 Å². The van der Waals surface area contributed by atoms with Crippen LogP contribution in [0.2, 0.25) is 0 Å². The van der Waals surface area contributed by atoms with E-state index in [9.17, 15) is 0 Å². The Morgan fingerprint density at radius 2 is 2.40 bits per heavy atom. The highest BCUT2D eigenvalue weighted by Crippen LogP contribution is 2.32. The monoisotopic (exact) mass is 204 g/mol. The van der Waals surface area contributed by atoms with Crippen LogP contribution in [0.15, 0.2) is 30.9 Å². The Morgan fingerprint density at radius 3 is 3.13 bits per heavy atom. The van der Waals surface area contributed by atoms with Crippen LogP contribution in [0, 0.1) is 0 Å². The van der Waals surface area contributed by atoms with Crippen LogP contribution in [0.1, 0.15) is 5.56 Å². The van der Waals surface area contributed by atoms with E-state index in [2.05, 4.69) is 17.5 Å². The summed E-state index contributed by atoms with van der Waals surface area (Å²) < 4.78 is 5.61. The first-order valence-corrected chi connectivity index (χ1v) is 5.17. The van der Waals surface area contributed by atoms with Crippen molar-refractivity contribution in [3.8, 4) is 5.75 Å². The van der Waals surface area contributed by atoms with E-state index in [1.807, 2.05) is 18.2 Å². The molecule has 3 nitrogen and oxygen atoms in total. The molecule has 0 saturated heterocycles. The third kappa shape index (κ3) is 1.97. The average Bonchev–Trinajstić information content (AvgIpc) is 2.29. The van der Waals surface area contributed by atoms with Gasteiger partial charge in [0.25, 0.3) is 0 Å². The minimum atomic E-state index is 0.554. The van der Waals surface area contributed by atoms with Gasteiger partial charge in [0.2, 0.25) is 0 Å². The molecule has 0 fully saturated rings. The molecule has 80 valence electrons. The Kier molecular flexibility index (Phi) is 2.92. The van der Waals surface area contributed by atoms with E-state index in [0.29, 0.717) is 6.54 Å². The minimum absolute atomic E-state index is 0.554. The molecule has 0 amide bonds. The highest BCUT2D eigenvalue weighted by Gasteiger charge is 2.16. The second-order valence-electron chi connectivity index (χ2n) is 3.59. The van der Waals surface area contributed by atoms with Crippen molar-refractivity contribution in [2.45, 2.75) is 6.54 Å². The SMILES string of the molecule is C=CCN1CCOc2cc(CN)ccc21. The number of nitrogens with zero attached hydrogens (tertiary/aromatic N) is 1. The minimum Gasteiger partial charge on any atom is -0.490 e. The maximum Gasteiger partial charge on any atom is 0.143 e. The predicted molar refractivity (Wildman–Crippen MR) is 62.2 cm³/mol. The van der Waals surface area contributed by atoms with Crippen molar-refractivity contribution in [1.29, 1.82) is 0 Å². The van der Waals surface area contributed by atoms with Gasteiger partial charge in [-0.1, -0.05) is 12.1 Å². The lowest BCUT2D eigenvalue weighted by molar-refractivity contribution is 0.309. The molecule has 0 atom stereocenters. The molecule has 15 heavy (non-hydrogen) atoms. The first kappa shape index (κ1) is 10.1. The van der Waals surface area contributed by atoms with Crippen LogP contribution in [-0.4, -0.2) is 19.7 Å². The Balaban J connectivity index is 2.31. The van der Waals surface area contributed by atoms with Gasteiger partial charge in [-0.2, -0.15) is 0 Å². The fourth-order valence-corrected chi connectivity index (χ4v) is 1.79. The maximum atomic E-state index is 5.61. The van der Waals surface area contributed by atoms with Gasteiger partial charge in [-0.25, -0.2) is 0 Å². The number of anilines is 1. The third-order valence-electron chi connectivity index (χ3n) is 2.57. The van der Waals surface area contributed by atoms with Crippen molar-refractivity contribution in [3.05, 3.63) is 36.4 Å². The fourth-order valence-electron chi connectivity index (χ4n) is 1.79. The van der Waals surface area contributed by atoms with Gasteiger partial charge in [0.15, 0.2) is 0 Å². The van der Waals surface area contributed by atoms with E-state index in [4.69, 9.17) is 10.5 Å². The first-order chi connectivity index (χ1) is 7.35. The summed E-state index contributed by atoms with van der Waals surface area (Å²) in [6.07, 6.45) is 1.91. The zero-order valence-electron chi connectivity index (χ0n) is 8.78. The van der Waals surface area contributed by atoms with Gasteiger partial charge in [-0.3, -0.25) is 0 Å². The van der Waals surface area contributed by atoms with E-state index in [0.717, 1.165) is 36.7 Å². The van der Waals surface area contributed by atoms with Gasteiger partial charge >= 0.3 is 0 Å². The lowest BCUT2D eigenvalue weighted by Gasteiger charge is -2.30. The summed E-state index contributed by atoms with van der Waals surface area (Å²) in [6, 6.07) is 6.13. The quantitative estimate of drug-likeness (QED) is 0.759. The van der Waals surface area contributed by atoms with Gasteiger partial charge in [0, 0.05) is 13.1 Å². The number of hydrogen-bond donors (Lipinski definition) is 1. The molecule has 0 aromatic heterocycles. The smallest absolute Gasteiger partial charge is 0.143 e. The summed E-state index contributed by atoms with van der Waals surface area (Å²) in [5.41, 5.74) is 7.83. The number of fused-ring (bicyclic) bond motifs is 1. The number of rotatable bonds is 3.